The zero-order valence-corrected chi connectivity index (χ0v) is 14.8. The second kappa shape index (κ2) is 6.91. The Morgan fingerprint density at radius 2 is 1.88 bits per heavy atom. The normalized spacial score (nSPS) is 22.5. The minimum atomic E-state index is 0.0552. The van der Waals surface area contributed by atoms with E-state index in [0.29, 0.717) is 11.8 Å². The average Bonchev–Trinajstić information content (AvgIpc) is 3.17. The van der Waals surface area contributed by atoms with Gasteiger partial charge in [0.2, 0.25) is 5.91 Å². The molecule has 2 unspecified atom stereocenters. The molecule has 3 heteroatoms. The van der Waals surface area contributed by atoms with Crippen molar-refractivity contribution in [2.45, 2.75) is 37.5 Å². The van der Waals surface area contributed by atoms with Gasteiger partial charge >= 0.3 is 0 Å². The van der Waals surface area contributed by atoms with Gasteiger partial charge in [-0.05, 0) is 54.5 Å². The Morgan fingerprint density at radius 1 is 1.08 bits per heavy atom. The van der Waals surface area contributed by atoms with E-state index in [1.807, 2.05) is 12.1 Å². The number of amides is 1. The predicted octanol–water partition coefficient (Wildman–Crippen LogP) is 4.13. The Bertz CT molecular complexity index is 753. The van der Waals surface area contributed by atoms with E-state index in [-0.39, 0.29) is 5.92 Å². The van der Waals surface area contributed by atoms with Gasteiger partial charge in [-0.3, -0.25) is 4.79 Å². The van der Waals surface area contributed by atoms with Crippen molar-refractivity contribution < 1.29 is 9.53 Å². The lowest BCUT2D eigenvalue weighted by Crippen LogP contribution is -2.34. The second-order valence-corrected chi connectivity index (χ2v) is 7.19. The first kappa shape index (κ1) is 16.2. The lowest BCUT2D eigenvalue weighted by atomic mass is 9.82. The Labute approximate surface area is 149 Å². The van der Waals surface area contributed by atoms with Crippen molar-refractivity contribution in [2.24, 2.45) is 0 Å². The summed E-state index contributed by atoms with van der Waals surface area (Å²) in [5.41, 5.74) is 3.92. The van der Waals surface area contributed by atoms with Gasteiger partial charge in [0.1, 0.15) is 5.75 Å². The molecule has 3 nitrogen and oxygen atoms in total. The summed E-state index contributed by atoms with van der Waals surface area (Å²) in [6.07, 6.45) is 4.25. The summed E-state index contributed by atoms with van der Waals surface area (Å²) in [4.78, 5) is 15.2. The van der Waals surface area contributed by atoms with E-state index in [2.05, 4.69) is 41.3 Å². The molecule has 0 bridgehead atoms. The number of methoxy groups -OCH3 is 1. The Balaban J connectivity index is 1.47. The molecular formula is C22H25NO2. The number of aryl methyl sites for hydroxylation is 1. The maximum atomic E-state index is 13.1. The molecule has 25 heavy (non-hydrogen) atoms. The highest BCUT2D eigenvalue weighted by Gasteiger charge is 2.34. The fourth-order valence-corrected chi connectivity index (χ4v) is 4.34. The van der Waals surface area contributed by atoms with Gasteiger partial charge in [0.05, 0.1) is 13.0 Å². The molecule has 4 rings (SSSR count). The third-order valence-corrected chi connectivity index (χ3v) is 5.75. The maximum absolute atomic E-state index is 13.1. The van der Waals surface area contributed by atoms with Crippen LogP contribution in [0, 0.1) is 0 Å². The monoisotopic (exact) mass is 335 g/mol. The first-order valence-electron chi connectivity index (χ1n) is 9.27. The summed E-state index contributed by atoms with van der Waals surface area (Å²) in [5, 5.41) is 0. The van der Waals surface area contributed by atoms with Gasteiger partial charge < -0.3 is 9.64 Å². The number of ether oxygens (including phenoxy) is 1. The van der Waals surface area contributed by atoms with E-state index in [9.17, 15) is 4.79 Å². The first-order chi connectivity index (χ1) is 12.3. The molecule has 0 aromatic heterocycles. The molecule has 1 fully saturated rings. The zero-order chi connectivity index (χ0) is 17.2. The van der Waals surface area contributed by atoms with Gasteiger partial charge in [-0.25, -0.2) is 0 Å². The van der Waals surface area contributed by atoms with Crippen LogP contribution >= 0.6 is 0 Å². The van der Waals surface area contributed by atoms with Gasteiger partial charge in [-0.15, -0.1) is 0 Å². The van der Waals surface area contributed by atoms with Crippen LogP contribution in [0.3, 0.4) is 0 Å². The molecule has 0 radical (unpaired) electrons. The van der Waals surface area contributed by atoms with Crippen molar-refractivity contribution in [1.29, 1.82) is 0 Å². The van der Waals surface area contributed by atoms with E-state index in [1.165, 1.54) is 16.7 Å². The van der Waals surface area contributed by atoms with E-state index >= 15 is 0 Å². The van der Waals surface area contributed by atoms with Crippen molar-refractivity contribution in [3.63, 3.8) is 0 Å². The van der Waals surface area contributed by atoms with Gasteiger partial charge in [-0.1, -0.05) is 36.4 Å². The van der Waals surface area contributed by atoms with Gasteiger partial charge in [-0.2, -0.15) is 0 Å². The van der Waals surface area contributed by atoms with Crippen molar-refractivity contribution >= 4 is 5.91 Å². The number of hydrogen-bond acceptors (Lipinski definition) is 2. The van der Waals surface area contributed by atoms with Crippen LogP contribution in [0.2, 0.25) is 0 Å². The summed E-state index contributed by atoms with van der Waals surface area (Å²) < 4.78 is 5.24. The van der Waals surface area contributed by atoms with E-state index in [0.717, 1.165) is 44.5 Å². The number of rotatable bonds is 3. The molecular weight excluding hydrogens is 310 g/mol. The molecule has 1 saturated heterocycles. The van der Waals surface area contributed by atoms with Crippen molar-refractivity contribution in [3.05, 3.63) is 65.2 Å². The van der Waals surface area contributed by atoms with Crippen molar-refractivity contribution in [1.82, 2.24) is 4.90 Å². The highest BCUT2D eigenvalue weighted by atomic mass is 16.5. The van der Waals surface area contributed by atoms with Crippen LogP contribution in [0.15, 0.2) is 48.5 Å². The lowest BCUT2D eigenvalue weighted by molar-refractivity contribution is -0.132. The molecule has 1 aliphatic heterocycles. The SMILES string of the molecule is COc1ccc(C2CCN(C(=O)C3CCCc4ccccc43)C2)cc1. The quantitative estimate of drug-likeness (QED) is 0.844. The average molecular weight is 335 g/mol. The molecule has 2 atom stereocenters. The summed E-state index contributed by atoms with van der Waals surface area (Å²) in [6.45, 7) is 1.71. The number of carbonyl (C=O) groups excluding carboxylic acids is 1. The number of benzene rings is 2. The summed E-state index contributed by atoms with van der Waals surface area (Å²) in [6, 6.07) is 16.8. The van der Waals surface area contributed by atoms with Gasteiger partial charge in [0, 0.05) is 19.0 Å². The largest absolute Gasteiger partial charge is 0.497 e. The third-order valence-electron chi connectivity index (χ3n) is 5.75. The summed E-state index contributed by atoms with van der Waals surface area (Å²) in [5.74, 6) is 1.70. The Hall–Kier alpha value is -2.29. The summed E-state index contributed by atoms with van der Waals surface area (Å²) in [7, 11) is 1.69. The van der Waals surface area contributed by atoms with Crippen LogP contribution in [0.25, 0.3) is 0 Å². The molecule has 2 aliphatic rings. The molecule has 130 valence electrons. The minimum Gasteiger partial charge on any atom is -0.497 e. The van der Waals surface area contributed by atoms with Gasteiger partial charge in [0.25, 0.3) is 0 Å². The molecule has 0 saturated carbocycles. The molecule has 1 heterocycles. The fourth-order valence-electron chi connectivity index (χ4n) is 4.34. The van der Waals surface area contributed by atoms with Crippen LogP contribution in [-0.2, 0) is 11.2 Å². The molecule has 2 aromatic carbocycles. The lowest BCUT2D eigenvalue weighted by Gasteiger charge is -2.28. The highest BCUT2D eigenvalue weighted by molar-refractivity contribution is 5.84. The topological polar surface area (TPSA) is 29.5 Å². The smallest absolute Gasteiger partial charge is 0.230 e. The Morgan fingerprint density at radius 3 is 2.68 bits per heavy atom. The number of likely N-dealkylation sites (tertiary alicyclic amines) is 1. The van der Waals surface area contributed by atoms with Crippen LogP contribution in [0.4, 0.5) is 0 Å². The van der Waals surface area contributed by atoms with Crippen LogP contribution in [-0.4, -0.2) is 31.0 Å². The number of carbonyl (C=O) groups is 1. The molecule has 1 aliphatic carbocycles. The zero-order valence-electron chi connectivity index (χ0n) is 14.8. The Kier molecular flexibility index (Phi) is 4.48. The molecule has 0 N–H and O–H groups in total. The molecule has 0 spiro atoms. The third kappa shape index (κ3) is 3.15. The van der Waals surface area contributed by atoms with E-state index in [1.54, 1.807) is 7.11 Å². The summed E-state index contributed by atoms with van der Waals surface area (Å²) >= 11 is 0. The highest BCUT2D eigenvalue weighted by Crippen LogP contribution is 2.36. The van der Waals surface area contributed by atoms with Gasteiger partial charge in [0.15, 0.2) is 0 Å². The predicted molar refractivity (Wildman–Crippen MR) is 99.1 cm³/mol. The van der Waals surface area contributed by atoms with Crippen molar-refractivity contribution in [3.8, 4) is 5.75 Å². The van der Waals surface area contributed by atoms with Crippen LogP contribution in [0.1, 0.15) is 47.8 Å². The second-order valence-electron chi connectivity index (χ2n) is 7.19. The van der Waals surface area contributed by atoms with Crippen molar-refractivity contribution in [2.75, 3.05) is 20.2 Å². The molecule has 2 aromatic rings. The number of hydrogen-bond donors (Lipinski definition) is 0. The minimum absolute atomic E-state index is 0.0552. The van der Waals surface area contributed by atoms with Crippen LogP contribution in [0.5, 0.6) is 5.75 Å². The first-order valence-corrected chi connectivity index (χ1v) is 9.27. The number of nitrogens with zero attached hydrogens (tertiary/aromatic N) is 1. The van der Waals surface area contributed by atoms with Crippen LogP contribution < -0.4 is 4.74 Å². The molecule has 1 amide bonds. The fraction of sp³-hybridized carbons (Fsp3) is 0.409. The van der Waals surface area contributed by atoms with E-state index in [4.69, 9.17) is 4.74 Å². The number of fused-ring (bicyclic) bond motifs is 1. The van der Waals surface area contributed by atoms with E-state index < -0.39 is 0 Å². The maximum Gasteiger partial charge on any atom is 0.230 e. The standard InChI is InChI=1S/C22H25NO2/c1-25-19-11-9-16(10-12-19)18-13-14-23(15-18)22(24)21-8-4-6-17-5-2-3-7-20(17)21/h2-3,5,7,9-12,18,21H,4,6,8,13-15H2,1H3.